The van der Waals surface area contributed by atoms with Crippen molar-refractivity contribution in [2.75, 3.05) is 13.1 Å². The van der Waals surface area contributed by atoms with Crippen LogP contribution in [0, 0.1) is 17.2 Å². The van der Waals surface area contributed by atoms with Gasteiger partial charge in [-0.1, -0.05) is 26.2 Å². The van der Waals surface area contributed by atoms with Crippen molar-refractivity contribution in [3.05, 3.63) is 0 Å². The third-order valence-electron chi connectivity index (χ3n) is 4.87. The summed E-state index contributed by atoms with van der Waals surface area (Å²) in [6.07, 6.45) is 8.42. The number of amides is 1. The molecule has 0 aliphatic heterocycles. The Labute approximate surface area is 122 Å². The molecule has 2 aliphatic carbocycles. The van der Waals surface area contributed by atoms with E-state index in [0.29, 0.717) is 18.5 Å². The van der Waals surface area contributed by atoms with Crippen LogP contribution in [0.2, 0.25) is 0 Å². The van der Waals surface area contributed by atoms with Crippen LogP contribution in [0.3, 0.4) is 0 Å². The second kappa shape index (κ2) is 6.58. The molecular formula is C16H27N3O. The molecule has 112 valence electrons. The van der Waals surface area contributed by atoms with Gasteiger partial charge in [0.15, 0.2) is 0 Å². The zero-order valence-electron chi connectivity index (χ0n) is 12.8. The Kier molecular flexibility index (Phi) is 5.04. The quantitative estimate of drug-likeness (QED) is 0.811. The van der Waals surface area contributed by atoms with E-state index in [-0.39, 0.29) is 5.91 Å². The molecule has 1 N–H and O–H groups in total. The molecule has 20 heavy (non-hydrogen) atoms. The van der Waals surface area contributed by atoms with Crippen molar-refractivity contribution in [3.8, 4) is 6.07 Å². The second-order valence-electron chi connectivity index (χ2n) is 6.49. The SMILES string of the molecule is CCN(CC(=O)NC(C)(C#N)C1CC1)C1CCCCC1. The van der Waals surface area contributed by atoms with Gasteiger partial charge in [0.05, 0.1) is 12.6 Å². The third kappa shape index (κ3) is 3.73. The number of carbonyl (C=O) groups is 1. The summed E-state index contributed by atoms with van der Waals surface area (Å²) in [7, 11) is 0. The van der Waals surface area contributed by atoms with Gasteiger partial charge in [-0.15, -0.1) is 0 Å². The Hall–Kier alpha value is -1.08. The number of nitriles is 1. The third-order valence-corrected chi connectivity index (χ3v) is 4.87. The topological polar surface area (TPSA) is 56.1 Å². The molecular weight excluding hydrogens is 250 g/mol. The minimum atomic E-state index is -0.664. The first-order valence-electron chi connectivity index (χ1n) is 8.05. The van der Waals surface area contributed by atoms with Gasteiger partial charge < -0.3 is 5.32 Å². The van der Waals surface area contributed by atoms with E-state index in [0.717, 1.165) is 19.4 Å². The first-order chi connectivity index (χ1) is 9.59. The number of hydrogen-bond acceptors (Lipinski definition) is 3. The fourth-order valence-corrected chi connectivity index (χ4v) is 3.34. The van der Waals surface area contributed by atoms with Crippen molar-refractivity contribution >= 4 is 5.91 Å². The lowest BCUT2D eigenvalue weighted by atomic mass is 9.94. The highest BCUT2D eigenvalue weighted by Gasteiger charge is 2.43. The summed E-state index contributed by atoms with van der Waals surface area (Å²) >= 11 is 0. The Morgan fingerprint density at radius 1 is 1.30 bits per heavy atom. The van der Waals surface area contributed by atoms with E-state index in [1.54, 1.807) is 0 Å². The molecule has 0 radical (unpaired) electrons. The summed E-state index contributed by atoms with van der Waals surface area (Å²) < 4.78 is 0. The first kappa shape index (κ1) is 15.3. The van der Waals surface area contributed by atoms with Gasteiger partial charge in [0, 0.05) is 6.04 Å². The van der Waals surface area contributed by atoms with E-state index < -0.39 is 5.54 Å². The Morgan fingerprint density at radius 2 is 1.95 bits per heavy atom. The summed E-state index contributed by atoms with van der Waals surface area (Å²) in [5.41, 5.74) is -0.664. The highest BCUT2D eigenvalue weighted by molar-refractivity contribution is 5.79. The Bertz CT molecular complexity index is 380. The van der Waals surface area contributed by atoms with Crippen molar-refractivity contribution in [2.24, 2.45) is 5.92 Å². The van der Waals surface area contributed by atoms with Crippen molar-refractivity contribution in [1.29, 1.82) is 5.26 Å². The molecule has 1 amide bonds. The summed E-state index contributed by atoms with van der Waals surface area (Å²) in [5.74, 6) is 0.356. The number of rotatable bonds is 6. The molecule has 1 unspecified atom stereocenters. The van der Waals surface area contributed by atoms with Gasteiger partial charge in [-0.25, -0.2) is 0 Å². The fourth-order valence-electron chi connectivity index (χ4n) is 3.34. The van der Waals surface area contributed by atoms with Crippen LogP contribution in [0.15, 0.2) is 0 Å². The molecule has 2 fully saturated rings. The number of carbonyl (C=O) groups excluding carboxylic acids is 1. The molecule has 2 aliphatic rings. The molecule has 0 bridgehead atoms. The molecule has 2 saturated carbocycles. The van der Waals surface area contributed by atoms with E-state index in [2.05, 4.69) is 23.2 Å². The second-order valence-corrected chi connectivity index (χ2v) is 6.49. The highest BCUT2D eigenvalue weighted by Crippen LogP contribution is 2.39. The number of likely N-dealkylation sites (N-methyl/N-ethyl adjacent to an activating group) is 1. The summed E-state index contributed by atoms with van der Waals surface area (Å²) in [6, 6.07) is 2.84. The van der Waals surface area contributed by atoms with Crippen molar-refractivity contribution in [2.45, 2.75) is 70.4 Å². The van der Waals surface area contributed by atoms with Gasteiger partial charge in [-0.3, -0.25) is 9.69 Å². The van der Waals surface area contributed by atoms with Crippen molar-refractivity contribution < 1.29 is 4.79 Å². The highest BCUT2D eigenvalue weighted by atomic mass is 16.2. The van der Waals surface area contributed by atoms with Gasteiger partial charge >= 0.3 is 0 Å². The van der Waals surface area contributed by atoms with Crippen LogP contribution in [0.5, 0.6) is 0 Å². The number of hydrogen-bond donors (Lipinski definition) is 1. The predicted octanol–water partition coefficient (Wildman–Crippen LogP) is 2.45. The molecule has 0 aromatic rings. The Balaban J connectivity index is 1.87. The van der Waals surface area contributed by atoms with Crippen LogP contribution < -0.4 is 5.32 Å². The van der Waals surface area contributed by atoms with Crippen LogP contribution >= 0.6 is 0 Å². The lowest BCUT2D eigenvalue weighted by molar-refractivity contribution is -0.124. The summed E-state index contributed by atoms with van der Waals surface area (Å²) in [6.45, 7) is 5.32. The molecule has 0 spiro atoms. The minimum absolute atomic E-state index is 0.00775. The minimum Gasteiger partial charge on any atom is -0.337 e. The van der Waals surface area contributed by atoms with Crippen molar-refractivity contribution in [3.63, 3.8) is 0 Å². The van der Waals surface area contributed by atoms with Crippen LogP contribution in [0.4, 0.5) is 0 Å². The van der Waals surface area contributed by atoms with Crippen molar-refractivity contribution in [1.82, 2.24) is 10.2 Å². The van der Waals surface area contributed by atoms with E-state index in [9.17, 15) is 10.1 Å². The lowest BCUT2D eigenvalue weighted by Crippen LogP contribution is -2.51. The van der Waals surface area contributed by atoms with E-state index in [4.69, 9.17) is 0 Å². The van der Waals surface area contributed by atoms with Gasteiger partial charge in [0.2, 0.25) is 5.91 Å². The lowest BCUT2D eigenvalue weighted by Gasteiger charge is -2.34. The molecule has 1 atom stereocenters. The van der Waals surface area contributed by atoms with E-state index in [1.165, 1.54) is 32.1 Å². The summed E-state index contributed by atoms with van der Waals surface area (Å²) in [5, 5.41) is 12.3. The largest absolute Gasteiger partial charge is 0.337 e. The Morgan fingerprint density at radius 3 is 2.45 bits per heavy atom. The molecule has 0 aromatic carbocycles. The van der Waals surface area contributed by atoms with Crippen LogP contribution in [-0.2, 0) is 4.79 Å². The number of nitrogens with zero attached hydrogens (tertiary/aromatic N) is 2. The molecule has 0 saturated heterocycles. The average molecular weight is 277 g/mol. The standard InChI is InChI=1S/C16H27N3O/c1-3-19(14-7-5-4-6-8-14)11-15(20)18-16(2,12-17)13-9-10-13/h13-14H,3-11H2,1-2H3,(H,18,20). The zero-order valence-corrected chi connectivity index (χ0v) is 12.8. The van der Waals surface area contributed by atoms with Crippen LogP contribution in [0.1, 0.15) is 58.8 Å². The van der Waals surface area contributed by atoms with Gasteiger partial charge in [0.25, 0.3) is 0 Å². The number of nitrogens with one attached hydrogen (secondary N) is 1. The first-order valence-corrected chi connectivity index (χ1v) is 8.05. The van der Waals surface area contributed by atoms with E-state index in [1.807, 2.05) is 6.92 Å². The fraction of sp³-hybridized carbons (Fsp3) is 0.875. The maximum atomic E-state index is 12.3. The molecule has 4 nitrogen and oxygen atoms in total. The summed E-state index contributed by atoms with van der Waals surface area (Å²) in [4.78, 5) is 14.5. The average Bonchev–Trinajstić information content (AvgIpc) is 3.30. The molecule has 0 heterocycles. The molecule has 0 aromatic heterocycles. The molecule has 2 rings (SSSR count). The monoisotopic (exact) mass is 277 g/mol. The van der Waals surface area contributed by atoms with Gasteiger partial charge in [-0.05, 0) is 45.1 Å². The van der Waals surface area contributed by atoms with Crippen LogP contribution in [-0.4, -0.2) is 35.5 Å². The van der Waals surface area contributed by atoms with E-state index >= 15 is 0 Å². The maximum absolute atomic E-state index is 12.3. The normalized spacial score (nSPS) is 23.1. The predicted molar refractivity (Wildman–Crippen MR) is 79.0 cm³/mol. The zero-order chi connectivity index (χ0) is 14.6. The smallest absolute Gasteiger partial charge is 0.235 e. The molecule has 4 heteroatoms. The van der Waals surface area contributed by atoms with Crippen LogP contribution in [0.25, 0.3) is 0 Å². The maximum Gasteiger partial charge on any atom is 0.235 e. The van der Waals surface area contributed by atoms with Gasteiger partial charge in [0.1, 0.15) is 5.54 Å². The van der Waals surface area contributed by atoms with Gasteiger partial charge in [-0.2, -0.15) is 5.26 Å².